The van der Waals surface area contributed by atoms with Crippen LogP contribution in [0.4, 0.5) is 15.8 Å². The Morgan fingerprint density at radius 1 is 1.02 bits per heavy atom. The van der Waals surface area contributed by atoms with E-state index in [2.05, 4.69) is 81.7 Å². The van der Waals surface area contributed by atoms with E-state index in [4.69, 9.17) is 11.6 Å². The lowest BCUT2D eigenvalue weighted by Gasteiger charge is -2.42. The molecular formula is C36H40ClFN8. The van der Waals surface area contributed by atoms with Crippen molar-refractivity contribution < 1.29 is 4.39 Å². The number of aromatic nitrogens is 1. The average molecular weight is 639 g/mol. The number of nitrogens with one attached hydrogen (secondary N) is 4. The number of piperidine rings is 1. The Bertz CT molecular complexity index is 1770. The zero-order valence-electron chi connectivity index (χ0n) is 26.6. The smallest absolute Gasteiger partial charge is 0.123 e. The second-order valence-electron chi connectivity index (χ2n) is 13.0. The van der Waals surface area contributed by atoms with Crippen LogP contribution in [0.1, 0.15) is 69.3 Å². The number of pyridine rings is 1. The van der Waals surface area contributed by atoms with Gasteiger partial charge in [-0.2, -0.15) is 5.26 Å². The second kappa shape index (κ2) is 13.2. The number of fused-ring (bicyclic) bond motifs is 1. The zero-order chi connectivity index (χ0) is 32.4. The summed E-state index contributed by atoms with van der Waals surface area (Å²) >= 11 is 6.84. The monoisotopic (exact) mass is 638 g/mol. The summed E-state index contributed by atoms with van der Waals surface area (Å²) in [5.41, 5.74) is 12.1. The van der Waals surface area contributed by atoms with Crippen molar-refractivity contribution in [3.8, 4) is 6.07 Å². The van der Waals surface area contributed by atoms with Gasteiger partial charge >= 0.3 is 0 Å². The van der Waals surface area contributed by atoms with Crippen LogP contribution in [-0.2, 0) is 0 Å². The largest absolute Gasteiger partial charge is 0.377 e. The number of likely N-dealkylation sites (tertiary alicyclic amines) is 1. The minimum absolute atomic E-state index is 0.169. The topological polar surface area (TPSA) is 91.3 Å². The lowest BCUT2D eigenvalue weighted by Crippen LogP contribution is -2.52. The third kappa shape index (κ3) is 6.75. The molecule has 238 valence electrons. The van der Waals surface area contributed by atoms with Gasteiger partial charge in [0, 0.05) is 54.2 Å². The van der Waals surface area contributed by atoms with Gasteiger partial charge in [-0.25, -0.2) is 4.39 Å². The van der Waals surface area contributed by atoms with E-state index >= 15 is 0 Å². The first kappa shape index (κ1) is 31.6. The molecule has 0 bridgehead atoms. The maximum absolute atomic E-state index is 14.0. The van der Waals surface area contributed by atoms with E-state index in [0.717, 1.165) is 48.4 Å². The maximum atomic E-state index is 14.0. The molecule has 3 aromatic carbocycles. The van der Waals surface area contributed by atoms with Crippen LogP contribution in [0.25, 0.3) is 10.9 Å². The molecule has 1 fully saturated rings. The summed E-state index contributed by atoms with van der Waals surface area (Å²) in [5.74, 6) is -0.314. The predicted octanol–water partition coefficient (Wildman–Crippen LogP) is 7.65. The van der Waals surface area contributed by atoms with Crippen LogP contribution in [0.15, 0.2) is 84.8 Å². The first-order valence-corrected chi connectivity index (χ1v) is 16.1. The number of benzene rings is 3. The fourth-order valence-electron chi connectivity index (χ4n) is 6.31. The minimum atomic E-state index is -0.314. The molecule has 8 nitrogen and oxygen atoms in total. The molecule has 0 radical (unpaired) electrons. The Morgan fingerprint density at radius 2 is 1.76 bits per heavy atom. The van der Waals surface area contributed by atoms with Gasteiger partial charge in [0.25, 0.3) is 0 Å². The standard InChI is InChI=1S/C36H40ClFN8/c1-23(25-11-8-12-27(38)17-25)41-33-26(20-39)21-40-35-30(33)18-28(19-31(35)37)42-34(24-9-6-5-7-10-24)32-22-46(44-43-32)29-13-15-45(16-14-29)36(2,3)4/h5-12,17-19,21-23,29,34,42-44H,13-16H2,1-4H3,(H,40,41)/t23-,34+/m1/s1. The quantitative estimate of drug-likeness (QED) is 0.156. The third-order valence-electron chi connectivity index (χ3n) is 8.92. The van der Waals surface area contributed by atoms with Crippen molar-refractivity contribution in [1.82, 2.24) is 25.9 Å². The van der Waals surface area contributed by atoms with Crippen molar-refractivity contribution in [2.45, 2.75) is 64.2 Å². The first-order valence-electron chi connectivity index (χ1n) is 15.7. The Hall–Kier alpha value is -4.36. The van der Waals surface area contributed by atoms with E-state index in [-0.39, 0.29) is 23.4 Å². The number of hydrogen-bond donors (Lipinski definition) is 4. The van der Waals surface area contributed by atoms with E-state index in [1.165, 1.54) is 18.3 Å². The van der Waals surface area contributed by atoms with Crippen molar-refractivity contribution in [3.05, 3.63) is 112 Å². The molecule has 0 unspecified atom stereocenters. The summed E-state index contributed by atoms with van der Waals surface area (Å²) in [6, 6.07) is 22.6. The van der Waals surface area contributed by atoms with Crippen LogP contribution in [0.2, 0.25) is 5.02 Å². The maximum Gasteiger partial charge on any atom is 0.123 e. The Morgan fingerprint density at radius 3 is 2.46 bits per heavy atom. The Labute approximate surface area is 275 Å². The molecule has 6 rings (SSSR count). The lowest BCUT2D eigenvalue weighted by atomic mass is 9.98. The zero-order valence-corrected chi connectivity index (χ0v) is 27.4. The molecule has 4 N–H and O–H groups in total. The van der Waals surface area contributed by atoms with Crippen molar-refractivity contribution >= 4 is 33.9 Å². The summed E-state index contributed by atoms with van der Waals surface area (Å²) in [6.45, 7) is 10.9. The van der Waals surface area contributed by atoms with E-state index in [1.807, 2.05) is 43.3 Å². The Kier molecular flexibility index (Phi) is 9.05. The summed E-state index contributed by atoms with van der Waals surface area (Å²) in [4.78, 5) is 7.06. The number of hydrogen-bond acceptors (Lipinski definition) is 8. The van der Waals surface area contributed by atoms with Gasteiger partial charge in [0.1, 0.15) is 11.9 Å². The normalized spacial score (nSPS) is 17.2. The molecule has 3 heterocycles. The molecule has 1 saturated heterocycles. The number of nitrogens with zero attached hydrogens (tertiary/aromatic N) is 4. The average Bonchev–Trinajstić information content (AvgIpc) is 3.54. The van der Waals surface area contributed by atoms with Gasteiger partial charge in [0.2, 0.25) is 0 Å². The number of nitriles is 1. The fourth-order valence-corrected chi connectivity index (χ4v) is 6.58. The molecule has 0 spiro atoms. The van der Waals surface area contributed by atoms with Gasteiger partial charge in [-0.1, -0.05) is 54.1 Å². The number of rotatable bonds is 8. The molecule has 46 heavy (non-hydrogen) atoms. The van der Waals surface area contributed by atoms with Crippen LogP contribution >= 0.6 is 11.6 Å². The highest BCUT2D eigenvalue weighted by molar-refractivity contribution is 6.35. The van der Waals surface area contributed by atoms with Crippen LogP contribution in [0.5, 0.6) is 0 Å². The van der Waals surface area contributed by atoms with Crippen molar-refractivity contribution in [2.75, 3.05) is 23.7 Å². The van der Waals surface area contributed by atoms with Crippen molar-refractivity contribution in [3.63, 3.8) is 0 Å². The van der Waals surface area contributed by atoms with Crippen molar-refractivity contribution in [1.29, 1.82) is 5.26 Å². The summed E-state index contributed by atoms with van der Waals surface area (Å²) in [5, 5.41) is 20.5. The molecule has 2 atom stereocenters. The number of halogens is 2. The van der Waals surface area contributed by atoms with Gasteiger partial charge in [0.05, 0.1) is 33.5 Å². The fraction of sp³-hybridized carbons (Fsp3) is 0.333. The lowest BCUT2D eigenvalue weighted by molar-refractivity contribution is 0.0570. The van der Waals surface area contributed by atoms with Crippen LogP contribution in [-0.4, -0.2) is 39.6 Å². The molecular weight excluding hydrogens is 599 g/mol. The highest BCUT2D eigenvalue weighted by atomic mass is 35.5. The molecule has 10 heteroatoms. The van der Waals surface area contributed by atoms with Gasteiger partial charge in [0.15, 0.2) is 0 Å². The van der Waals surface area contributed by atoms with Crippen LogP contribution in [0, 0.1) is 17.1 Å². The molecule has 2 aliphatic heterocycles. The molecule has 0 aliphatic carbocycles. The van der Waals surface area contributed by atoms with E-state index in [0.29, 0.717) is 33.2 Å². The first-order chi connectivity index (χ1) is 22.1. The van der Waals surface area contributed by atoms with E-state index in [9.17, 15) is 9.65 Å². The van der Waals surface area contributed by atoms with Crippen molar-refractivity contribution in [2.24, 2.45) is 0 Å². The van der Waals surface area contributed by atoms with Gasteiger partial charge in [-0.3, -0.25) is 14.9 Å². The number of anilines is 2. The minimum Gasteiger partial charge on any atom is -0.377 e. The van der Waals surface area contributed by atoms with Gasteiger partial charge < -0.3 is 16.1 Å². The third-order valence-corrected chi connectivity index (χ3v) is 9.21. The highest BCUT2D eigenvalue weighted by Gasteiger charge is 2.32. The Balaban J connectivity index is 1.31. The molecule has 0 amide bonds. The highest BCUT2D eigenvalue weighted by Crippen LogP contribution is 2.37. The molecule has 0 saturated carbocycles. The van der Waals surface area contributed by atoms with Gasteiger partial charge in [-0.05, 0) is 75.9 Å². The molecule has 4 aromatic rings. The summed E-state index contributed by atoms with van der Waals surface area (Å²) in [7, 11) is 0. The van der Waals surface area contributed by atoms with E-state index < -0.39 is 0 Å². The number of hydrazine groups is 2. The SMILES string of the molecule is C[C@@H](Nc1c(C#N)cnc2c(Cl)cc(N[C@H](C3=CN(C4CCN(C(C)(C)C)CC4)NN3)c3ccccc3)cc12)c1cccc(F)c1. The molecule has 1 aromatic heterocycles. The van der Waals surface area contributed by atoms with Gasteiger partial charge in [-0.15, -0.1) is 5.53 Å². The summed E-state index contributed by atoms with van der Waals surface area (Å²) in [6.07, 6.45) is 5.82. The van der Waals surface area contributed by atoms with Crippen LogP contribution in [0.3, 0.4) is 0 Å². The second-order valence-corrected chi connectivity index (χ2v) is 13.4. The van der Waals surface area contributed by atoms with E-state index in [1.54, 1.807) is 6.07 Å². The summed E-state index contributed by atoms with van der Waals surface area (Å²) < 4.78 is 14.0. The predicted molar refractivity (Wildman–Crippen MR) is 183 cm³/mol. The molecule has 2 aliphatic rings. The van der Waals surface area contributed by atoms with Crippen LogP contribution < -0.4 is 21.6 Å².